The summed E-state index contributed by atoms with van der Waals surface area (Å²) in [6.45, 7) is 4.04. The highest BCUT2D eigenvalue weighted by molar-refractivity contribution is 5.72. The molecular weight excluding hydrogens is 218 g/mol. The van der Waals surface area contributed by atoms with Crippen LogP contribution in [0.25, 0.3) is 5.65 Å². The van der Waals surface area contributed by atoms with Gasteiger partial charge < -0.3 is 9.51 Å². The van der Waals surface area contributed by atoms with Crippen LogP contribution in [-0.4, -0.2) is 26.5 Å². The topological polar surface area (TPSA) is 66.6 Å². The smallest absolute Gasteiger partial charge is 0.320 e. The molecule has 1 unspecified atom stereocenters. The first-order valence-electron chi connectivity index (χ1n) is 5.48. The molecule has 17 heavy (non-hydrogen) atoms. The first-order valence-corrected chi connectivity index (χ1v) is 5.48. The second kappa shape index (κ2) is 4.55. The van der Waals surface area contributed by atoms with Gasteiger partial charge in [-0.15, -0.1) is 0 Å². The molecule has 2 rings (SSSR count). The largest absolute Gasteiger partial charge is 0.480 e. The van der Waals surface area contributed by atoms with Crippen LogP contribution < -0.4 is 5.32 Å². The summed E-state index contributed by atoms with van der Waals surface area (Å²) in [7, 11) is 0. The minimum Gasteiger partial charge on any atom is -0.480 e. The Labute approximate surface area is 99.1 Å². The van der Waals surface area contributed by atoms with Crippen LogP contribution in [0.15, 0.2) is 24.4 Å². The monoisotopic (exact) mass is 233 g/mol. The maximum Gasteiger partial charge on any atom is 0.320 e. The first-order chi connectivity index (χ1) is 8.09. The van der Waals surface area contributed by atoms with Crippen molar-refractivity contribution < 1.29 is 9.90 Å². The molecule has 1 atom stereocenters. The summed E-state index contributed by atoms with van der Waals surface area (Å²) >= 11 is 0. The quantitative estimate of drug-likeness (QED) is 0.833. The van der Waals surface area contributed by atoms with E-state index in [0.717, 1.165) is 17.0 Å². The van der Waals surface area contributed by atoms with Gasteiger partial charge in [0.25, 0.3) is 0 Å². The number of aromatic nitrogens is 2. The van der Waals surface area contributed by atoms with Crippen LogP contribution in [0.2, 0.25) is 0 Å². The maximum absolute atomic E-state index is 10.7. The first kappa shape index (κ1) is 11.6. The molecule has 0 aliphatic rings. The summed E-state index contributed by atoms with van der Waals surface area (Å²) < 4.78 is 1.97. The average molecular weight is 233 g/mol. The van der Waals surface area contributed by atoms with E-state index in [1.165, 1.54) is 0 Å². The van der Waals surface area contributed by atoms with Crippen molar-refractivity contribution in [1.29, 1.82) is 0 Å². The van der Waals surface area contributed by atoms with Gasteiger partial charge in [0.2, 0.25) is 0 Å². The second-order valence-electron chi connectivity index (χ2n) is 4.01. The molecule has 0 aliphatic carbocycles. The number of hydrogen-bond donors (Lipinski definition) is 2. The number of carbonyl (C=O) groups is 1. The normalized spacial score (nSPS) is 12.8. The number of fused-ring (bicyclic) bond motifs is 1. The van der Waals surface area contributed by atoms with Gasteiger partial charge in [0.1, 0.15) is 11.7 Å². The van der Waals surface area contributed by atoms with Gasteiger partial charge in [0.15, 0.2) is 0 Å². The van der Waals surface area contributed by atoms with E-state index in [-0.39, 0.29) is 0 Å². The number of rotatable bonds is 4. The third-order valence-electron chi connectivity index (χ3n) is 2.78. The lowest BCUT2D eigenvalue weighted by Crippen LogP contribution is -2.33. The van der Waals surface area contributed by atoms with E-state index in [1.54, 1.807) is 6.92 Å². The van der Waals surface area contributed by atoms with E-state index >= 15 is 0 Å². The van der Waals surface area contributed by atoms with Crippen LogP contribution in [0.3, 0.4) is 0 Å². The molecule has 5 heteroatoms. The summed E-state index contributed by atoms with van der Waals surface area (Å²) in [5, 5.41) is 11.8. The molecule has 0 aliphatic heterocycles. The number of aliphatic carboxylic acids is 1. The molecule has 0 bridgehead atoms. The Kier molecular flexibility index (Phi) is 3.10. The molecule has 0 saturated heterocycles. The average Bonchev–Trinajstić information content (AvgIpc) is 2.61. The minimum absolute atomic E-state index is 0.491. The van der Waals surface area contributed by atoms with Crippen LogP contribution in [0.5, 0.6) is 0 Å². The number of hydrogen-bond acceptors (Lipinski definition) is 3. The SMILES string of the molecule is Cc1nc2ccccn2c1CNC(C)C(=O)O. The predicted molar refractivity (Wildman–Crippen MR) is 63.9 cm³/mol. The van der Waals surface area contributed by atoms with E-state index in [4.69, 9.17) is 5.11 Å². The van der Waals surface area contributed by atoms with Crippen molar-refractivity contribution in [2.45, 2.75) is 26.4 Å². The van der Waals surface area contributed by atoms with Gasteiger partial charge in [-0.3, -0.25) is 10.1 Å². The summed E-state index contributed by atoms with van der Waals surface area (Å²) in [5.41, 5.74) is 2.79. The van der Waals surface area contributed by atoms with Crippen molar-refractivity contribution in [3.05, 3.63) is 35.8 Å². The molecule has 0 amide bonds. The van der Waals surface area contributed by atoms with Crippen LogP contribution in [0, 0.1) is 6.92 Å². The fourth-order valence-electron chi connectivity index (χ4n) is 1.71. The fraction of sp³-hybridized carbons (Fsp3) is 0.333. The Morgan fingerprint density at radius 1 is 1.59 bits per heavy atom. The van der Waals surface area contributed by atoms with Crippen molar-refractivity contribution in [3.8, 4) is 0 Å². The second-order valence-corrected chi connectivity index (χ2v) is 4.01. The van der Waals surface area contributed by atoms with Gasteiger partial charge >= 0.3 is 5.97 Å². The van der Waals surface area contributed by atoms with E-state index in [9.17, 15) is 4.79 Å². The Morgan fingerprint density at radius 2 is 2.35 bits per heavy atom. The number of nitrogens with zero attached hydrogens (tertiary/aromatic N) is 2. The van der Waals surface area contributed by atoms with Crippen molar-refractivity contribution in [3.63, 3.8) is 0 Å². The van der Waals surface area contributed by atoms with Crippen LogP contribution in [-0.2, 0) is 11.3 Å². The van der Waals surface area contributed by atoms with E-state index in [0.29, 0.717) is 6.54 Å². The van der Waals surface area contributed by atoms with Crippen LogP contribution >= 0.6 is 0 Å². The fourth-order valence-corrected chi connectivity index (χ4v) is 1.71. The Morgan fingerprint density at radius 3 is 3.06 bits per heavy atom. The van der Waals surface area contributed by atoms with E-state index < -0.39 is 12.0 Å². The molecule has 0 fully saturated rings. The summed E-state index contributed by atoms with van der Waals surface area (Å²) in [4.78, 5) is 15.1. The van der Waals surface area contributed by atoms with Gasteiger partial charge in [-0.25, -0.2) is 4.98 Å². The maximum atomic E-state index is 10.7. The van der Waals surface area contributed by atoms with Crippen molar-refractivity contribution in [2.24, 2.45) is 0 Å². The Hall–Kier alpha value is -1.88. The molecule has 0 aromatic carbocycles. The lowest BCUT2D eigenvalue weighted by Gasteiger charge is -2.09. The Balaban J connectivity index is 2.23. The number of carboxylic acid groups (broad SMARTS) is 1. The zero-order chi connectivity index (χ0) is 12.4. The van der Waals surface area contributed by atoms with Crippen molar-refractivity contribution in [2.75, 3.05) is 0 Å². The molecule has 5 nitrogen and oxygen atoms in total. The van der Waals surface area contributed by atoms with Gasteiger partial charge in [-0.05, 0) is 26.0 Å². The zero-order valence-corrected chi connectivity index (χ0v) is 9.84. The van der Waals surface area contributed by atoms with Crippen LogP contribution in [0.4, 0.5) is 0 Å². The van der Waals surface area contributed by atoms with Gasteiger partial charge in [-0.1, -0.05) is 6.07 Å². The van der Waals surface area contributed by atoms with E-state index in [1.807, 2.05) is 35.7 Å². The number of pyridine rings is 1. The van der Waals surface area contributed by atoms with Gasteiger partial charge in [0.05, 0.1) is 11.4 Å². The lowest BCUT2D eigenvalue weighted by molar-refractivity contribution is -0.139. The number of carboxylic acids is 1. The molecule has 2 aromatic rings. The highest BCUT2D eigenvalue weighted by Crippen LogP contribution is 2.11. The molecule has 0 saturated carbocycles. The van der Waals surface area contributed by atoms with Crippen molar-refractivity contribution >= 4 is 11.6 Å². The number of imidazole rings is 1. The van der Waals surface area contributed by atoms with Gasteiger partial charge in [0, 0.05) is 12.7 Å². The minimum atomic E-state index is -0.850. The summed E-state index contributed by atoms with van der Waals surface area (Å²) in [6.07, 6.45) is 1.93. The molecular formula is C12H15N3O2. The van der Waals surface area contributed by atoms with Crippen molar-refractivity contribution in [1.82, 2.24) is 14.7 Å². The molecule has 2 aromatic heterocycles. The Bertz CT molecular complexity index is 548. The zero-order valence-electron chi connectivity index (χ0n) is 9.84. The van der Waals surface area contributed by atoms with Gasteiger partial charge in [-0.2, -0.15) is 0 Å². The lowest BCUT2D eigenvalue weighted by atomic mass is 10.3. The molecule has 0 radical (unpaired) electrons. The third-order valence-corrected chi connectivity index (χ3v) is 2.78. The summed E-state index contributed by atoms with van der Waals surface area (Å²) in [5.74, 6) is -0.850. The molecule has 90 valence electrons. The summed E-state index contributed by atoms with van der Waals surface area (Å²) in [6, 6.07) is 5.22. The standard InChI is InChI=1S/C12H15N3O2/c1-8-10(7-13-9(2)12(16)17)15-6-4-3-5-11(15)14-8/h3-6,9,13H,7H2,1-2H3,(H,16,17). The molecule has 2 N–H and O–H groups in total. The third kappa shape index (κ3) is 2.29. The molecule has 0 spiro atoms. The van der Waals surface area contributed by atoms with E-state index in [2.05, 4.69) is 10.3 Å². The molecule has 2 heterocycles. The highest BCUT2D eigenvalue weighted by Gasteiger charge is 2.13. The highest BCUT2D eigenvalue weighted by atomic mass is 16.4. The number of aryl methyl sites for hydroxylation is 1. The predicted octanol–water partition coefficient (Wildman–Crippen LogP) is 1.21. The van der Waals surface area contributed by atoms with Crippen LogP contribution in [0.1, 0.15) is 18.3 Å². The number of nitrogens with one attached hydrogen (secondary N) is 1.